The number of hydrazine groups is 2. The number of nitrogens with one attached hydrogen (secondary N) is 2. The molecule has 0 amide bonds. The molecule has 4 N–H and O–H groups in total. The van der Waals surface area contributed by atoms with Gasteiger partial charge in [0.2, 0.25) is 17.2 Å². The van der Waals surface area contributed by atoms with Crippen LogP contribution in [0, 0.1) is 0 Å². The SMILES string of the molecule is CC1=CC(O)(C(=O)C2(O)C=C(C)NN2c2ccccc2)N(c2ccccc2)N1. The van der Waals surface area contributed by atoms with Gasteiger partial charge in [0.1, 0.15) is 0 Å². The molecule has 0 spiro atoms. The van der Waals surface area contributed by atoms with Crippen LogP contribution in [0.5, 0.6) is 0 Å². The summed E-state index contributed by atoms with van der Waals surface area (Å²) in [6.45, 7) is 3.49. The second-order valence-corrected chi connectivity index (χ2v) is 7.00. The first kappa shape index (κ1) is 18.1. The molecule has 7 heteroatoms. The van der Waals surface area contributed by atoms with Crippen LogP contribution in [-0.4, -0.2) is 27.4 Å². The van der Waals surface area contributed by atoms with Gasteiger partial charge < -0.3 is 10.2 Å². The number of aliphatic hydroxyl groups is 2. The largest absolute Gasteiger partial charge is 0.360 e. The topological polar surface area (TPSA) is 88.1 Å². The monoisotopic (exact) mass is 378 g/mol. The molecule has 0 saturated carbocycles. The summed E-state index contributed by atoms with van der Waals surface area (Å²) in [4.78, 5) is 13.6. The Hall–Kier alpha value is -3.29. The van der Waals surface area contributed by atoms with Crippen LogP contribution in [0.1, 0.15) is 13.8 Å². The Morgan fingerprint density at radius 2 is 1.11 bits per heavy atom. The van der Waals surface area contributed by atoms with Crippen LogP contribution in [0.2, 0.25) is 0 Å². The van der Waals surface area contributed by atoms with Gasteiger partial charge in [-0.05, 0) is 50.3 Å². The Bertz CT molecular complexity index is 883. The number of hydrogen-bond acceptors (Lipinski definition) is 7. The van der Waals surface area contributed by atoms with Crippen molar-refractivity contribution in [2.75, 3.05) is 10.0 Å². The van der Waals surface area contributed by atoms with Crippen molar-refractivity contribution in [2.45, 2.75) is 25.3 Å². The zero-order valence-corrected chi connectivity index (χ0v) is 15.6. The zero-order chi connectivity index (χ0) is 19.9. The van der Waals surface area contributed by atoms with Gasteiger partial charge in [-0.15, -0.1) is 0 Å². The summed E-state index contributed by atoms with van der Waals surface area (Å²) in [6.07, 6.45) is 2.82. The Morgan fingerprint density at radius 1 is 0.750 bits per heavy atom. The van der Waals surface area contributed by atoms with Crippen LogP contribution < -0.4 is 20.9 Å². The maximum absolute atomic E-state index is 13.6. The molecule has 0 bridgehead atoms. The third-order valence-electron chi connectivity index (χ3n) is 4.79. The molecule has 7 nitrogen and oxygen atoms in total. The quantitative estimate of drug-likeness (QED) is 0.645. The minimum absolute atomic E-state index is 0.591. The summed E-state index contributed by atoms with van der Waals surface area (Å²) < 4.78 is 0. The van der Waals surface area contributed by atoms with E-state index < -0.39 is 17.2 Å². The fraction of sp³-hybridized carbons (Fsp3) is 0.190. The standard InChI is InChI=1S/C21H22N4O3/c1-15-13-20(27,24(22-15)17-9-5-3-6-10-17)19(26)21(28)14-16(2)23-25(21)18-11-7-4-8-12-18/h3-14,22-23,27-28H,1-2H3. The molecule has 0 fully saturated rings. The number of ketones is 1. The van der Waals surface area contributed by atoms with Crippen LogP contribution in [0.4, 0.5) is 11.4 Å². The average molecular weight is 378 g/mol. The molecule has 0 saturated heterocycles. The van der Waals surface area contributed by atoms with E-state index in [0.29, 0.717) is 22.8 Å². The first-order valence-corrected chi connectivity index (χ1v) is 8.97. The predicted octanol–water partition coefficient (Wildman–Crippen LogP) is 1.79. The van der Waals surface area contributed by atoms with E-state index in [1.165, 1.54) is 22.2 Å². The van der Waals surface area contributed by atoms with Crippen molar-refractivity contribution in [1.82, 2.24) is 10.9 Å². The molecule has 2 unspecified atom stereocenters. The predicted molar refractivity (Wildman–Crippen MR) is 107 cm³/mol. The lowest BCUT2D eigenvalue weighted by Gasteiger charge is -2.40. The number of benzene rings is 2. The van der Waals surface area contributed by atoms with Gasteiger partial charge in [0.05, 0.1) is 11.4 Å². The molecule has 2 heterocycles. The van der Waals surface area contributed by atoms with Crippen LogP contribution in [0.25, 0.3) is 0 Å². The second-order valence-electron chi connectivity index (χ2n) is 7.00. The molecule has 144 valence electrons. The zero-order valence-electron chi connectivity index (χ0n) is 15.6. The van der Waals surface area contributed by atoms with Crippen molar-refractivity contribution >= 4 is 17.2 Å². The smallest absolute Gasteiger partial charge is 0.249 e. The molecule has 28 heavy (non-hydrogen) atoms. The molecule has 0 aromatic heterocycles. The number of carbonyl (C=O) groups excluding carboxylic acids is 1. The molecule has 0 aliphatic carbocycles. The summed E-state index contributed by atoms with van der Waals surface area (Å²) in [5, 5.41) is 25.5. The highest BCUT2D eigenvalue weighted by Gasteiger charge is 2.57. The molecular formula is C21H22N4O3. The van der Waals surface area contributed by atoms with Crippen molar-refractivity contribution in [3.63, 3.8) is 0 Å². The van der Waals surface area contributed by atoms with E-state index in [4.69, 9.17) is 0 Å². The summed E-state index contributed by atoms with van der Waals surface area (Å²) in [6, 6.07) is 18.0. The summed E-state index contributed by atoms with van der Waals surface area (Å²) in [5.74, 6) is -0.804. The van der Waals surface area contributed by atoms with Crippen molar-refractivity contribution in [3.8, 4) is 0 Å². The van der Waals surface area contributed by atoms with Gasteiger partial charge in [-0.3, -0.25) is 15.6 Å². The highest BCUT2D eigenvalue weighted by Crippen LogP contribution is 2.36. The Morgan fingerprint density at radius 3 is 1.46 bits per heavy atom. The fourth-order valence-corrected chi connectivity index (χ4v) is 3.60. The maximum atomic E-state index is 13.6. The lowest BCUT2D eigenvalue weighted by molar-refractivity contribution is -0.147. The van der Waals surface area contributed by atoms with E-state index in [0.717, 1.165) is 0 Å². The number of anilines is 2. The second kappa shape index (κ2) is 6.40. The summed E-state index contributed by atoms with van der Waals surface area (Å²) in [7, 11) is 0. The molecule has 2 aliphatic rings. The van der Waals surface area contributed by atoms with Gasteiger partial charge in [-0.25, -0.2) is 10.0 Å². The summed E-state index contributed by atoms with van der Waals surface area (Å²) >= 11 is 0. The number of carbonyl (C=O) groups is 1. The highest BCUT2D eigenvalue weighted by atomic mass is 16.4. The minimum Gasteiger partial charge on any atom is -0.360 e. The van der Waals surface area contributed by atoms with Crippen molar-refractivity contribution in [3.05, 3.63) is 84.2 Å². The van der Waals surface area contributed by atoms with E-state index in [2.05, 4.69) is 10.9 Å². The van der Waals surface area contributed by atoms with Crippen LogP contribution in [0.3, 0.4) is 0 Å². The fourth-order valence-electron chi connectivity index (χ4n) is 3.60. The Kier molecular flexibility index (Phi) is 4.14. The molecule has 4 rings (SSSR count). The van der Waals surface area contributed by atoms with Crippen LogP contribution >= 0.6 is 0 Å². The molecule has 0 radical (unpaired) electrons. The lowest BCUT2D eigenvalue weighted by atomic mass is 9.95. The van der Waals surface area contributed by atoms with Gasteiger partial charge in [0.25, 0.3) is 0 Å². The molecule has 2 aliphatic heterocycles. The van der Waals surface area contributed by atoms with Gasteiger partial charge in [-0.2, -0.15) is 0 Å². The lowest BCUT2D eigenvalue weighted by Crippen LogP contribution is -2.66. The van der Waals surface area contributed by atoms with Crippen molar-refractivity contribution in [2.24, 2.45) is 0 Å². The van der Waals surface area contributed by atoms with Gasteiger partial charge in [0.15, 0.2) is 0 Å². The van der Waals surface area contributed by atoms with Crippen molar-refractivity contribution < 1.29 is 15.0 Å². The molecule has 2 atom stereocenters. The molecule has 2 aromatic rings. The minimum atomic E-state index is -2.09. The summed E-state index contributed by atoms with van der Waals surface area (Å²) in [5.41, 5.74) is 4.21. The number of hydrogen-bond donors (Lipinski definition) is 4. The van der Waals surface area contributed by atoms with Crippen LogP contribution in [0.15, 0.2) is 84.2 Å². The first-order valence-electron chi connectivity index (χ1n) is 8.97. The van der Waals surface area contributed by atoms with E-state index in [1.54, 1.807) is 38.1 Å². The number of Topliss-reactive ketones (excluding diaryl/α,β-unsaturated/α-hetero) is 1. The van der Waals surface area contributed by atoms with E-state index in [9.17, 15) is 15.0 Å². The Labute approximate surface area is 163 Å². The number of para-hydroxylation sites is 2. The van der Waals surface area contributed by atoms with Gasteiger partial charge in [0, 0.05) is 11.4 Å². The number of rotatable bonds is 4. The molecule has 2 aromatic carbocycles. The average Bonchev–Trinajstić information content (AvgIpc) is 3.19. The third kappa shape index (κ3) is 2.72. The van der Waals surface area contributed by atoms with E-state index in [-0.39, 0.29) is 0 Å². The van der Waals surface area contributed by atoms with Gasteiger partial charge >= 0.3 is 0 Å². The third-order valence-corrected chi connectivity index (χ3v) is 4.79. The van der Waals surface area contributed by atoms with Gasteiger partial charge in [-0.1, -0.05) is 36.4 Å². The van der Waals surface area contributed by atoms with Crippen LogP contribution in [-0.2, 0) is 4.79 Å². The normalized spacial score (nSPS) is 26.4. The molecular weight excluding hydrogens is 356 g/mol. The Balaban J connectivity index is 1.77. The van der Waals surface area contributed by atoms with E-state index >= 15 is 0 Å². The number of nitrogens with zero attached hydrogens (tertiary/aromatic N) is 2. The van der Waals surface area contributed by atoms with Crippen molar-refractivity contribution in [1.29, 1.82) is 0 Å². The van der Waals surface area contributed by atoms with E-state index in [1.807, 2.05) is 36.4 Å². The number of allylic oxidation sites excluding steroid dienone is 2. The highest BCUT2D eigenvalue weighted by molar-refractivity contribution is 6.03. The first-order chi connectivity index (χ1) is 13.3. The maximum Gasteiger partial charge on any atom is 0.249 e.